The molecule has 1 spiro atoms. The van der Waals surface area contributed by atoms with Crippen LogP contribution in [0.3, 0.4) is 0 Å². The number of carbonyl (C=O) groups is 2. The Labute approximate surface area is 182 Å². The van der Waals surface area contributed by atoms with Crippen LogP contribution < -0.4 is 15.8 Å². The number of aryl methyl sites for hydroxylation is 1. The lowest BCUT2D eigenvalue weighted by Crippen LogP contribution is -2.94. The van der Waals surface area contributed by atoms with Crippen LogP contribution in [0.1, 0.15) is 50.5 Å². The zero-order valence-electron chi connectivity index (χ0n) is 17.7. The van der Waals surface area contributed by atoms with E-state index < -0.39 is 15.6 Å². The number of hydrogen-bond donors (Lipinski definition) is 3. The number of amides is 2. The molecule has 0 aromatic heterocycles. The summed E-state index contributed by atoms with van der Waals surface area (Å²) in [4.78, 5) is 25.8. The van der Waals surface area contributed by atoms with Crippen molar-refractivity contribution < 1.29 is 18.0 Å². The van der Waals surface area contributed by atoms with Gasteiger partial charge in [0.25, 0.3) is 0 Å². The van der Waals surface area contributed by atoms with Crippen molar-refractivity contribution in [2.24, 2.45) is 34.3 Å². The topological polar surface area (TPSA) is 118 Å². The number of primary amides is 1. The lowest BCUT2D eigenvalue weighted by Gasteiger charge is -2.92. The zero-order chi connectivity index (χ0) is 21.8. The summed E-state index contributed by atoms with van der Waals surface area (Å²) in [5.41, 5.74) is 5.01. The van der Waals surface area contributed by atoms with Crippen LogP contribution in [0.4, 0.5) is 0 Å². The molecule has 0 aliphatic heterocycles. The molecule has 5 aliphatic rings. The smallest absolute Gasteiger partial charge is 0.241 e. The molecule has 166 valence electrons. The van der Waals surface area contributed by atoms with E-state index in [0.717, 1.165) is 32.1 Å². The van der Waals surface area contributed by atoms with Gasteiger partial charge in [-0.25, -0.2) is 8.42 Å². The highest BCUT2D eigenvalue weighted by Crippen LogP contribution is 2.92. The number of hydrogen-bond acceptors (Lipinski definition) is 4. The highest BCUT2D eigenvalue weighted by molar-refractivity contribution is 7.89. The molecule has 6 unspecified atom stereocenters. The predicted molar refractivity (Wildman–Crippen MR) is 113 cm³/mol. The van der Waals surface area contributed by atoms with Crippen molar-refractivity contribution in [3.8, 4) is 0 Å². The average Bonchev–Trinajstić information content (AvgIpc) is 3.12. The van der Waals surface area contributed by atoms with Gasteiger partial charge >= 0.3 is 0 Å². The Morgan fingerprint density at radius 2 is 1.81 bits per heavy atom. The fourth-order valence-corrected chi connectivity index (χ4v) is 10.0. The summed E-state index contributed by atoms with van der Waals surface area (Å²) in [5, 5.41) is 3.22. The first-order chi connectivity index (χ1) is 14.7. The lowest BCUT2D eigenvalue weighted by atomic mass is 9.12. The Balaban J connectivity index is 1.22. The molecule has 6 atom stereocenters. The minimum Gasteiger partial charge on any atom is -0.369 e. The fourth-order valence-electron chi connectivity index (χ4n) is 8.37. The van der Waals surface area contributed by atoms with E-state index in [4.69, 9.17) is 5.73 Å². The Morgan fingerprint density at radius 3 is 2.42 bits per heavy atom. The summed E-state index contributed by atoms with van der Waals surface area (Å²) in [6.45, 7) is 1.76. The Bertz CT molecular complexity index is 1100. The molecular formula is C23H29N3O4S. The van der Waals surface area contributed by atoms with Gasteiger partial charge in [0.15, 0.2) is 0 Å². The van der Waals surface area contributed by atoms with E-state index in [1.54, 1.807) is 31.2 Å². The second-order valence-electron chi connectivity index (χ2n) is 10.6. The van der Waals surface area contributed by atoms with Crippen molar-refractivity contribution in [1.82, 2.24) is 10.0 Å². The number of nitrogens with two attached hydrogens (primary N) is 1. The Kier molecular flexibility index (Phi) is 3.75. The first kappa shape index (κ1) is 19.7. The molecule has 5 aliphatic carbocycles. The average molecular weight is 444 g/mol. The van der Waals surface area contributed by atoms with E-state index >= 15 is 0 Å². The van der Waals surface area contributed by atoms with Crippen molar-refractivity contribution >= 4 is 21.8 Å². The molecular weight excluding hydrogens is 414 g/mol. The van der Waals surface area contributed by atoms with Crippen LogP contribution in [0, 0.1) is 35.5 Å². The van der Waals surface area contributed by atoms with Crippen molar-refractivity contribution in [2.45, 2.75) is 68.3 Å². The second kappa shape index (κ2) is 5.90. The molecule has 5 fully saturated rings. The largest absolute Gasteiger partial charge is 0.369 e. The Hall–Kier alpha value is -1.93. The summed E-state index contributed by atoms with van der Waals surface area (Å²) >= 11 is 0. The number of benzene rings is 1. The third-order valence-corrected chi connectivity index (χ3v) is 11.4. The van der Waals surface area contributed by atoms with Crippen LogP contribution in [-0.4, -0.2) is 31.8 Å². The van der Waals surface area contributed by atoms with Crippen LogP contribution >= 0.6 is 0 Å². The molecule has 0 heterocycles. The van der Waals surface area contributed by atoms with Gasteiger partial charge in [0, 0.05) is 6.04 Å². The molecule has 31 heavy (non-hydrogen) atoms. The van der Waals surface area contributed by atoms with E-state index in [1.165, 1.54) is 0 Å². The maximum Gasteiger partial charge on any atom is 0.241 e. The van der Waals surface area contributed by atoms with Gasteiger partial charge in [-0.3, -0.25) is 9.59 Å². The minimum absolute atomic E-state index is 0.0389. The van der Waals surface area contributed by atoms with Crippen LogP contribution in [0.2, 0.25) is 0 Å². The van der Waals surface area contributed by atoms with Crippen LogP contribution in [0.5, 0.6) is 0 Å². The molecule has 8 heteroatoms. The summed E-state index contributed by atoms with van der Waals surface area (Å²) in [5.74, 6) is 0.826. The molecule has 4 N–H and O–H groups in total. The standard InChI is InChI=1S/C23H29N3O4S/c1-13-6-2-3-7-17(13)31(29,30)26-22(8-4-5-9-22)20(28)25-18-15-10-14-11-21(19(24)27)12-16(18)23(14,15)21/h2-3,6-7,14-16,18,26H,4-5,8-12H2,1H3,(H2,24,27)(H,25,28). The molecule has 2 amide bonds. The molecule has 1 aromatic carbocycles. The van der Waals surface area contributed by atoms with E-state index in [1.807, 2.05) is 0 Å². The van der Waals surface area contributed by atoms with Crippen molar-refractivity contribution in [3.63, 3.8) is 0 Å². The lowest BCUT2D eigenvalue weighted by molar-refractivity contribution is -0.424. The van der Waals surface area contributed by atoms with Gasteiger partial charge in [-0.15, -0.1) is 0 Å². The summed E-state index contributed by atoms with van der Waals surface area (Å²) < 4.78 is 29.1. The Morgan fingerprint density at radius 1 is 1.10 bits per heavy atom. The molecule has 1 aromatic rings. The first-order valence-electron chi connectivity index (χ1n) is 11.4. The highest BCUT2D eigenvalue weighted by atomic mass is 32.2. The van der Waals surface area contributed by atoms with Gasteiger partial charge in [0.05, 0.1) is 10.3 Å². The van der Waals surface area contributed by atoms with Crippen LogP contribution in [0.25, 0.3) is 0 Å². The summed E-state index contributed by atoms with van der Waals surface area (Å²) in [6.07, 6.45) is 5.36. The predicted octanol–water partition coefficient (Wildman–Crippen LogP) is 1.60. The van der Waals surface area contributed by atoms with E-state index in [-0.39, 0.29) is 33.6 Å². The summed E-state index contributed by atoms with van der Waals surface area (Å²) in [6, 6.07) is 6.88. The third-order valence-electron chi connectivity index (χ3n) is 9.67. The van der Waals surface area contributed by atoms with Crippen LogP contribution in [-0.2, 0) is 19.6 Å². The molecule has 7 nitrogen and oxygen atoms in total. The quantitative estimate of drug-likeness (QED) is 0.619. The zero-order valence-corrected chi connectivity index (χ0v) is 18.5. The number of nitrogens with one attached hydrogen (secondary N) is 2. The summed E-state index contributed by atoms with van der Waals surface area (Å²) in [7, 11) is -3.82. The van der Waals surface area contributed by atoms with Gasteiger partial charge in [-0.2, -0.15) is 4.72 Å². The number of sulfonamides is 1. The minimum atomic E-state index is -3.82. The van der Waals surface area contributed by atoms with Gasteiger partial charge in [0.2, 0.25) is 21.8 Å². The maximum atomic E-state index is 13.5. The maximum absolute atomic E-state index is 13.5. The normalized spacial score (nSPS) is 40.8. The third kappa shape index (κ3) is 2.11. The van der Waals surface area contributed by atoms with Gasteiger partial charge in [-0.05, 0) is 73.8 Å². The van der Waals surface area contributed by atoms with Gasteiger partial charge < -0.3 is 11.1 Å². The van der Waals surface area contributed by atoms with Crippen LogP contribution in [0.15, 0.2) is 29.2 Å². The van der Waals surface area contributed by atoms with Crippen molar-refractivity contribution in [3.05, 3.63) is 29.8 Å². The molecule has 0 saturated heterocycles. The van der Waals surface area contributed by atoms with E-state index in [0.29, 0.717) is 36.2 Å². The van der Waals surface area contributed by atoms with Gasteiger partial charge in [0.1, 0.15) is 5.54 Å². The number of rotatable bonds is 6. The van der Waals surface area contributed by atoms with E-state index in [9.17, 15) is 18.0 Å². The second-order valence-corrected chi connectivity index (χ2v) is 12.2. The van der Waals surface area contributed by atoms with Gasteiger partial charge in [-0.1, -0.05) is 31.0 Å². The molecule has 5 saturated carbocycles. The number of carbonyl (C=O) groups excluding carboxylic acids is 2. The monoisotopic (exact) mass is 443 g/mol. The first-order valence-corrected chi connectivity index (χ1v) is 12.9. The SMILES string of the molecule is Cc1ccccc1S(=O)(=O)NC1(C(=O)NC2C3CC4CC5(C(N)=O)CC2C435)CCCC1. The molecule has 0 radical (unpaired) electrons. The van der Waals surface area contributed by atoms with Crippen molar-refractivity contribution in [2.75, 3.05) is 0 Å². The highest BCUT2D eigenvalue weighted by Gasteiger charge is 2.92. The van der Waals surface area contributed by atoms with Crippen molar-refractivity contribution in [1.29, 1.82) is 0 Å². The van der Waals surface area contributed by atoms with E-state index in [2.05, 4.69) is 10.0 Å². The molecule has 0 bridgehead atoms. The molecule has 6 rings (SSSR count). The fraction of sp³-hybridized carbons (Fsp3) is 0.652.